The first-order valence-electron chi connectivity index (χ1n) is 11.3. The zero-order valence-corrected chi connectivity index (χ0v) is 18.2. The summed E-state index contributed by atoms with van der Waals surface area (Å²) in [6.45, 7) is 7.34. The van der Waals surface area contributed by atoms with Gasteiger partial charge in [0, 0.05) is 32.6 Å². The van der Waals surface area contributed by atoms with Crippen molar-refractivity contribution in [2.24, 2.45) is 29.1 Å². The minimum absolute atomic E-state index is 0.0627. The first-order chi connectivity index (χ1) is 13.7. The number of hydrogen-bond donors (Lipinski definition) is 0. The number of esters is 2. The summed E-state index contributed by atoms with van der Waals surface area (Å²) in [6.07, 6.45) is 7.20. The lowest BCUT2D eigenvalue weighted by Crippen LogP contribution is -2.47. The van der Waals surface area contributed by atoms with Gasteiger partial charge in [0.2, 0.25) is 0 Å². The van der Waals surface area contributed by atoms with Gasteiger partial charge in [-0.25, -0.2) is 0 Å². The maximum atomic E-state index is 13.1. The van der Waals surface area contributed by atoms with Crippen molar-refractivity contribution in [3.63, 3.8) is 0 Å². The highest BCUT2D eigenvalue weighted by Gasteiger charge is 2.57. The van der Waals surface area contributed by atoms with Gasteiger partial charge in [-0.1, -0.05) is 12.5 Å². The van der Waals surface area contributed by atoms with Crippen LogP contribution in [-0.2, 0) is 23.9 Å². The van der Waals surface area contributed by atoms with E-state index in [1.165, 1.54) is 19.4 Å². The lowest BCUT2D eigenvalue weighted by molar-refractivity contribution is -0.152. The average molecular weight is 403 g/mol. The molecule has 4 aliphatic rings. The second-order valence-electron chi connectivity index (χ2n) is 10.0. The monoisotopic (exact) mass is 402 g/mol. The van der Waals surface area contributed by atoms with Crippen molar-refractivity contribution in [1.82, 2.24) is 0 Å². The van der Waals surface area contributed by atoms with Gasteiger partial charge in [0.05, 0.1) is 0 Å². The summed E-state index contributed by atoms with van der Waals surface area (Å²) in [5, 5.41) is 0. The Bertz CT molecular complexity index is 752. The molecule has 0 aromatic rings. The van der Waals surface area contributed by atoms with Crippen molar-refractivity contribution in [3.05, 3.63) is 11.1 Å². The second kappa shape index (κ2) is 7.55. The molecule has 0 heterocycles. The van der Waals surface area contributed by atoms with Crippen LogP contribution in [0.15, 0.2) is 11.1 Å². The molecule has 160 valence electrons. The molecule has 2 saturated carbocycles. The van der Waals surface area contributed by atoms with Crippen molar-refractivity contribution < 1.29 is 23.9 Å². The average Bonchev–Trinajstić information content (AvgIpc) is 2.98. The van der Waals surface area contributed by atoms with Crippen LogP contribution in [0, 0.1) is 29.1 Å². The molecular formula is C24H34O5. The number of carbonyl (C=O) groups excluding carboxylic acids is 3. The van der Waals surface area contributed by atoms with Gasteiger partial charge in [-0.15, -0.1) is 0 Å². The molecule has 0 radical (unpaired) electrons. The summed E-state index contributed by atoms with van der Waals surface area (Å²) in [4.78, 5) is 35.9. The lowest BCUT2D eigenvalue weighted by atomic mass is 9.52. The molecule has 5 heteroatoms. The van der Waals surface area contributed by atoms with Crippen LogP contribution in [-0.4, -0.2) is 29.9 Å². The Labute approximate surface area is 173 Å². The van der Waals surface area contributed by atoms with Crippen LogP contribution in [0.1, 0.15) is 79.1 Å². The van der Waals surface area contributed by atoms with E-state index in [1.807, 2.05) is 6.92 Å². The molecule has 29 heavy (non-hydrogen) atoms. The largest absolute Gasteiger partial charge is 0.463 e. The van der Waals surface area contributed by atoms with Gasteiger partial charge < -0.3 is 9.47 Å². The van der Waals surface area contributed by atoms with Gasteiger partial charge >= 0.3 is 11.9 Å². The number of rotatable bonds is 3. The van der Waals surface area contributed by atoms with Crippen molar-refractivity contribution in [1.29, 1.82) is 0 Å². The Morgan fingerprint density at radius 1 is 1.07 bits per heavy atom. The highest BCUT2D eigenvalue weighted by atomic mass is 16.5. The van der Waals surface area contributed by atoms with Crippen LogP contribution in [0.2, 0.25) is 0 Å². The molecule has 0 aromatic carbocycles. The van der Waals surface area contributed by atoms with Crippen molar-refractivity contribution >= 4 is 17.7 Å². The quantitative estimate of drug-likeness (QED) is 0.655. The van der Waals surface area contributed by atoms with Gasteiger partial charge in [-0.3, -0.25) is 14.4 Å². The predicted octanol–water partition coefficient (Wildman–Crippen LogP) is 4.38. The van der Waals surface area contributed by atoms with Gasteiger partial charge in [0.1, 0.15) is 12.2 Å². The third kappa shape index (κ3) is 3.55. The van der Waals surface area contributed by atoms with Crippen LogP contribution in [0.25, 0.3) is 0 Å². The lowest BCUT2D eigenvalue weighted by Gasteiger charge is -2.52. The summed E-state index contributed by atoms with van der Waals surface area (Å²) in [5.74, 6) is 1.63. The van der Waals surface area contributed by atoms with E-state index in [2.05, 4.69) is 6.92 Å². The summed E-state index contributed by atoms with van der Waals surface area (Å²) in [5.41, 5.74) is 2.48. The number of ether oxygens (including phenoxy) is 2. The van der Waals surface area contributed by atoms with Crippen molar-refractivity contribution in [2.45, 2.75) is 91.3 Å². The number of carbonyl (C=O) groups is 3. The molecule has 0 aromatic heterocycles. The van der Waals surface area contributed by atoms with E-state index < -0.39 is 0 Å². The molecule has 5 nitrogen and oxygen atoms in total. The standard InChI is InChI=1S/C24H34O5/c1-13(28-14(2)25)21-7-8-22-19-12-23(27)20-11-16(29-15(3)26)5-6-17(20)18(19)9-10-24(21,22)4/h13,16,18-19,21-22H,5-12H2,1-4H3/t13?,16-,18+,19+,21+,22-,24+/m0/s1. The van der Waals surface area contributed by atoms with E-state index >= 15 is 0 Å². The highest BCUT2D eigenvalue weighted by molar-refractivity contribution is 5.97. The van der Waals surface area contributed by atoms with E-state index in [9.17, 15) is 14.4 Å². The van der Waals surface area contributed by atoms with Gasteiger partial charge in [0.15, 0.2) is 5.78 Å². The fourth-order valence-electron chi connectivity index (χ4n) is 7.46. The first kappa shape index (κ1) is 20.6. The van der Waals surface area contributed by atoms with Crippen LogP contribution in [0.3, 0.4) is 0 Å². The van der Waals surface area contributed by atoms with Gasteiger partial charge in [-0.2, -0.15) is 0 Å². The van der Waals surface area contributed by atoms with Crippen molar-refractivity contribution in [3.8, 4) is 0 Å². The smallest absolute Gasteiger partial charge is 0.302 e. The minimum Gasteiger partial charge on any atom is -0.463 e. The Kier molecular flexibility index (Phi) is 5.37. The molecule has 0 amide bonds. The van der Waals surface area contributed by atoms with Crippen LogP contribution >= 0.6 is 0 Å². The summed E-state index contributed by atoms with van der Waals surface area (Å²) in [7, 11) is 0. The molecule has 0 bridgehead atoms. The molecule has 1 unspecified atom stereocenters. The molecule has 0 N–H and O–H groups in total. The fraction of sp³-hybridized carbons (Fsp3) is 0.792. The molecule has 2 fully saturated rings. The van der Waals surface area contributed by atoms with Crippen molar-refractivity contribution in [2.75, 3.05) is 0 Å². The molecule has 0 saturated heterocycles. The van der Waals surface area contributed by atoms with Crippen LogP contribution < -0.4 is 0 Å². The summed E-state index contributed by atoms with van der Waals surface area (Å²) < 4.78 is 11.0. The van der Waals surface area contributed by atoms with Crippen LogP contribution in [0.5, 0.6) is 0 Å². The Balaban J connectivity index is 1.55. The maximum Gasteiger partial charge on any atom is 0.302 e. The molecule has 4 aliphatic carbocycles. The molecular weight excluding hydrogens is 368 g/mol. The second-order valence-corrected chi connectivity index (χ2v) is 10.0. The zero-order valence-electron chi connectivity index (χ0n) is 18.2. The topological polar surface area (TPSA) is 69.7 Å². The maximum absolute atomic E-state index is 13.1. The molecule has 7 atom stereocenters. The minimum atomic E-state index is -0.257. The number of fused-ring (bicyclic) bond motifs is 4. The first-order valence-corrected chi connectivity index (χ1v) is 11.3. The zero-order chi connectivity index (χ0) is 20.9. The third-order valence-electron chi connectivity index (χ3n) is 8.52. The summed E-state index contributed by atoms with van der Waals surface area (Å²) >= 11 is 0. The van der Waals surface area contributed by atoms with Crippen LogP contribution in [0.4, 0.5) is 0 Å². The molecule has 4 rings (SSSR count). The number of ketones is 1. The normalized spacial score (nSPS) is 39.9. The number of Topliss-reactive ketones (excluding diaryl/α,β-unsaturated/α-hetero) is 1. The molecule has 0 aliphatic heterocycles. The van der Waals surface area contributed by atoms with E-state index in [1.54, 1.807) is 0 Å². The highest BCUT2D eigenvalue weighted by Crippen LogP contribution is 2.63. The SMILES string of the molecule is CC(=O)OC(C)[C@H]1CC[C@H]2[C@@H]3CC(=O)C4=C(CC[C@H](OC(C)=O)C4)[C@H]3CC[C@]12C. The number of allylic oxidation sites excluding steroid dienone is 1. The van der Waals surface area contributed by atoms with Gasteiger partial charge in [-0.05, 0) is 74.2 Å². The Morgan fingerprint density at radius 3 is 2.52 bits per heavy atom. The Hall–Kier alpha value is -1.65. The predicted molar refractivity (Wildman–Crippen MR) is 108 cm³/mol. The summed E-state index contributed by atoms with van der Waals surface area (Å²) in [6, 6.07) is 0. The number of hydrogen-bond acceptors (Lipinski definition) is 5. The van der Waals surface area contributed by atoms with E-state index in [4.69, 9.17) is 9.47 Å². The fourth-order valence-corrected chi connectivity index (χ4v) is 7.46. The van der Waals surface area contributed by atoms with E-state index in [0.717, 1.165) is 44.1 Å². The molecule has 0 spiro atoms. The van der Waals surface area contributed by atoms with E-state index in [0.29, 0.717) is 36.5 Å². The van der Waals surface area contributed by atoms with Gasteiger partial charge in [0.25, 0.3) is 0 Å². The Morgan fingerprint density at radius 2 is 1.83 bits per heavy atom. The van der Waals surface area contributed by atoms with E-state index in [-0.39, 0.29) is 35.3 Å². The third-order valence-corrected chi connectivity index (χ3v) is 8.52.